The molecule has 7 heteroatoms. The molecule has 126 valence electrons. The molecule has 1 aliphatic rings. The molecular weight excluding hydrogens is 349 g/mol. The van der Waals surface area contributed by atoms with Crippen molar-refractivity contribution in [3.63, 3.8) is 0 Å². The van der Waals surface area contributed by atoms with E-state index in [0.29, 0.717) is 28.3 Å². The summed E-state index contributed by atoms with van der Waals surface area (Å²) in [5.74, 6) is 1.25. The van der Waals surface area contributed by atoms with E-state index in [-0.39, 0.29) is 11.8 Å². The molecular formula is C17H17Cl2N3O2. The average Bonchev–Trinajstić information content (AvgIpc) is 3.02. The first-order valence-electron chi connectivity index (χ1n) is 7.76. The average molecular weight is 366 g/mol. The van der Waals surface area contributed by atoms with Gasteiger partial charge in [-0.15, -0.1) is 0 Å². The highest BCUT2D eigenvalue weighted by molar-refractivity contribution is 6.42. The zero-order valence-electron chi connectivity index (χ0n) is 13.2. The van der Waals surface area contributed by atoms with Gasteiger partial charge in [-0.25, -0.2) is 0 Å². The Morgan fingerprint density at radius 1 is 1.42 bits per heavy atom. The third kappa shape index (κ3) is 3.79. The van der Waals surface area contributed by atoms with Crippen LogP contribution in [0.15, 0.2) is 28.8 Å². The molecule has 0 radical (unpaired) electrons. The number of hydrogen-bond acceptors (Lipinski definition) is 4. The predicted molar refractivity (Wildman–Crippen MR) is 93.1 cm³/mol. The topological polar surface area (TPSA) is 59.2 Å². The largest absolute Gasteiger partial charge is 0.339 e. The number of hydrogen-bond donors (Lipinski definition) is 0. The van der Waals surface area contributed by atoms with Gasteiger partial charge in [0.25, 0.3) is 0 Å². The van der Waals surface area contributed by atoms with Crippen LogP contribution in [0.5, 0.6) is 0 Å². The number of rotatable bonds is 3. The molecule has 2 aromatic rings. The van der Waals surface area contributed by atoms with Gasteiger partial charge in [-0.3, -0.25) is 4.79 Å². The Bertz CT molecular complexity index is 773. The third-order valence-corrected chi connectivity index (χ3v) is 4.85. The number of benzene rings is 1. The molecule has 1 unspecified atom stereocenters. The molecule has 1 aromatic heterocycles. The number of piperidine rings is 1. The van der Waals surface area contributed by atoms with Crippen LogP contribution < -0.4 is 0 Å². The van der Waals surface area contributed by atoms with Gasteiger partial charge in [0.15, 0.2) is 5.82 Å². The van der Waals surface area contributed by atoms with Gasteiger partial charge in [0.2, 0.25) is 11.8 Å². The fraction of sp³-hybridized carbons (Fsp3) is 0.353. The molecule has 3 rings (SSSR count). The molecule has 1 amide bonds. The number of aryl methyl sites for hydroxylation is 1. The van der Waals surface area contributed by atoms with E-state index in [1.807, 2.05) is 6.07 Å². The van der Waals surface area contributed by atoms with Crippen molar-refractivity contribution < 1.29 is 9.32 Å². The van der Waals surface area contributed by atoms with Crippen LogP contribution in [0.1, 0.15) is 36.0 Å². The first kappa shape index (κ1) is 17.0. The van der Waals surface area contributed by atoms with Crippen LogP contribution in [0.4, 0.5) is 0 Å². The highest BCUT2D eigenvalue weighted by Gasteiger charge is 2.27. The first-order valence-corrected chi connectivity index (χ1v) is 8.51. The fourth-order valence-corrected chi connectivity index (χ4v) is 3.14. The minimum Gasteiger partial charge on any atom is -0.339 e. The summed E-state index contributed by atoms with van der Waals surface area (Å²) >= 11 is 12.1. The van der Waals surface area contributed by atoms with E-state index in [0.717, 1.165) is 24.9 Å². The van der Waals surface area contributed by atoms with Crippen LogP contribution in [-0.2, 0) is 4.79 Å². The number of nitrogens with zero attached hydrogens (tertiary/aromatic N) is 3. The first-order chi connectivity index (χ1) is 11.5. The summed E-state index contributed by atoms with van der Waals surface area (Å²) in [5, 5.41) is 4.74. The highest BCUT2D eigenvalue weighted by atomic mass is 35.5. The molecule has 1 saturated heterocycles. The molecule has 0 aliphatic carbocycles. The van der Waals surface area contributed by atoms with E-state index in [2.05, 4.69) is 10.1 Å². The fourth-order valence-electron chi connectivity index (χ4n) is 2.77. The molecule has 1 aromatic carbocycles. The second-order valence-corrected chi connectivity index (χ2v) is 6.56. The van der Waals surface area contributed by atoms with Crippen LogP contribution >= 0.6 is 23.2 Å². The van der Waals surface area contributed by atoms with Crippen molar-refractivity contribution in [1.82, 2.24) is 15.0 Å². The Hall–Kier alpha value is -1.85. The molecule has 0 spiro atoms. The van der Waals surface area contributed by atoms with Crippen molar-refractivity contribution in [2.45, 2.75) is 25.7 Å². The van der Waals surface area contributed by atoms with Gasteiger partial charge in [0.05, 0.1) is 16.0 Å². The number of carbonyl (C=O) groups is 1. The maximum absolute atomic E-state index is 12.4. The summed E-state index contributed by atoms with van der Waals surface area (Å²) in [4.78, 5) is 18.5. The van der Waals surface area contributed by atoms with Crippen molar-refractivity contribution in [2.75, 3.05) is 13.1 Å². The maximum Gasteiger partial charge on any atom is 0.246 e. The SMILES string of the molecule is Cc1noc(C2CCCN(C(=O)/C=C/c3cccc(Cl)c3Cl)C2)n1. The van der Waals surface area contributed by atoms with Gasteiger partial charge in [-0.2, -0.15) is 4.98 Å². The maximum atomic E-state index is 12.4. The standard InChI is InChI=1S/C17H17Cl2N3O2/c1-11-20-17(24-21-11)13-5-3-9-22(10-13)15(23)8-7-12-4-2-6-14(18)16(12)19/h2,4,6-8,13H,3,5,9-10H2,1H3/b8-7+. The molecule has 5 nitrogen and oxygen atoms in total. The highest BCUT2D eigenvalue weighted by Crippen LogP contribution is 2.28. The summed E-state index contributed by atoms with van der Waals surface area (Å²) in [6.45, 7) is 3.08. The van der Waals surface area contributed by atoms with Gasteiger partial charge in [0.1, 0.15) is 0 Å². The Kier molecular flexibility index (Phi) is 5.21. The number of halogens is 2. The van der Waals surface area contributed by atoms with E-state index in [1.54, 1.807) is 30.0 Å². The Labute approximate surface area is 150 Å². The van der Waals surface area contributed by atoms with E-state index < -0.39 is 0 Å². The molecule has 1 atom stereocenters. The lowest BCUT2D eigenvalue weighted by Crippen LogP contribution is -2.38. The zero-order valence-corrected chi connectivity index (χ0v) is 14.7. The minimum absolute atomic E-state index is 0.0630. The Balaban J connectivity index is 1.68. The number of likely N-dealkylation sites (tertiary alicyclic amines) is 1. The monoisotopic (exact) mass is 365 g/mol. The van der Waals surface area contributed by atoms with Crippen molar-refractivity contribution in [3.8, 4) is 0 Å². The van der Waals surface area contributed by atoms with Crippen molar-refractivity contribution in [3.05, 3.63) is 51.6 Å². The second-order valence-electron chi connectivity index (χ2n) is 5.78. The second kappa shape index (κ2) is 7.36. The molecule has 0 bridgehead atoms. The van der Waals surface area contributed by atoms with Gasteiger partial charge in [0, 0.05) is 19.2 Å². The number of carbonyl (C=O) groups excluding carboxylic acids is 1. The van der Waals surface area contributed by atoms with Crippen LogP contribution in [0.2, 0.25) is 10.0 Å². The number of amides is 1. The lowest BCUT2D eigenvalue weighted by molar-refractivity contribution is -0.127. The molecule has 2 heterocycles. The van der Waals surface area contributed by atoms with Crippen molar-refractivity contribution >= 4 is 35.2 Å². The van der Waals surface area contributed by atoms with E-state index in [1.165, 1.54) is 6.08 Å². The van der Waals surface area contributed by atoms with Gasteiger partial charge >= 0.3 is 0 Å². The summed E-state index contributed by atoms with van der Waals surface area (Å²) < 4.78 is 5.24. The van der Waals surface area contributed by atoms with Crippen molar-refractivity contribution in [1.29, 1.82) is 0 Å². The summed E-state index contributed by atoms with van der Waals surface area (Å²) in [5.41, 5.74) is 0.721. The summed E-state index contributed by atoms with van der Waals surface area (Å²) in [6.07, 6.45) is 5.06. The van der Waals surface area contributed by atoms with Crippen LogP contribution in [0.25, 0.3) is 6.08 Å². The molecule has 0 N–H and O–H groups in total. The predicted octanol–water partition coefficient (Wildman–Crippen LogP) is 4.10. The number of aromatic nitrogens is 2. The summed E-state index contributed by atoms with van der Waals surface area (Å²) in [6, 6.07) is 5.33. The normalized spacial score (nSPS) is 18.3. The van der Waals surface area contributed by atoms with E-state index >= 15 is 0 Å². The Morgan fingerprint density at radius 3 is 3.00 bits per heavy atom. The van der Waals surface area contributed by atoms with E-state index in [4.69, 9.17) is 27.7 Å². The molecule has 24 heavy (non-hydrogen) atoms. The third-order valence-electron chi connectivity index (χ3n) is 4.01. The van der Waals surface area contributed by atoms with Crippen molar-refractivity contribution in [2.24, 2.45) is 0 Å². The van der Waals surface area contributed by atoms with Gasteiger partial charge in [-0.1, -0.05) is 40.5 Å². The van der Waals surface area contributed by atoms with Crippen LogP contribution in [0, 0.1) is 6.92 Å². The van der Waals surface area contributed by atoms with Crippen LogP contribution in [0.3, 0.4) is 0 Å². The zero-order chi connectivity index (χ0) is 17.1. The minimum atomic E-state index is -0.0630. The Morgan fingerprint density at radius 2 is 2.25 bits per heavy atom. The quantitative estimate of drug-likeness (QED) is 0.768. The van der Waals surface area contributed by atoms with Crippen LogP contribution in [-0.4, -0.2) is 34.0 Å². The van der Waals surface area contributed by atoms with Gasteiger partial charge in [-0.05, 0) is 37.5 Å². The molecule has 1 fully saturated rings. The smallest absolute Gasteiger partial charge is 0.246 e. The lowest BCUT2D eigenvalue weighted by atomic mass is 9.98. The van der Waals surface area contributed by atoms with E-state index in [9.17, 15) is 4.79 Å². The summed E-state index contributed by atoms with van der Waals surface area (Å²) in [7, 11) is 0. The van der Waals surface area contributed by atoms with Gasteiger partial charge < -0.3 is 9.42 Å². The molecule has 0 saturated carbocycles. The lowest BCUT2D eigenvalue weighted by Gasteiger charge is -2.30. The molecule has 1 aliphatic heterocycles.